The first-order valence-corrected chi connectivity index (χ1v) is 4.13. The molecule has 0 aliphatic rings. The van der Waals surface area contributed by atoms with Gasteiger partial charge < -0.3 is 15.8 Å². The van der Waals surface area contributed by atoms with Gasteiger partial charge in [-0.3, -0.25) is 14.4 Å². The quantitative estimate of drug-likeness (QED) is 0.533. The minimum Gasteiger partial charge on any atom is -0.457 e. The Labute approximate surface area is 81.8 Å². The maximum absolute atomic E-state index is 11.2. The highest BCUT2D eigenvalue weighted by Gasteiger charge is 2.15. The van der Waals surface area contributed by atoms with E-state index in [1.807, 2.05) is 0 Å². The van der Waals surface area contributed by atoms with Crippen LogP contribution >= 0.6 is 0 Å². The van der Waals surface area contributed by atoms with Crippen LogP contribution in [-0.4, -0.2) is 36.9 Å². The molecule has 0 aliphatic carbocycles. The lowest BCUT2D eigenvalue weighted by atomic mass is 10.2. The predicted octanol–water partition coefficient (Wildman–Crippen LogP) is -1.42. The molecule has 0 fully saturated rings. The second-order valence-electron chi connectivity index (χ2n) is 2.75. The molecule has 0 aliphatic heterocycles. The predicted molar refractivity (Wildman–Crippen MR) is 48.3 cm³/mol. The summed E-state index contributed by atoms with van der Waals surface area (Å²) in [7, 11) is 0. The summed E-state index contributed by atoms with van der Waals surface area (Å²) in [5.41, 5.74) is 4.96. The lowest BCUT2D eigenvalue weighted by Crippen LogP contribution is -2.39. The number of ketones is 1. The molecule has 3 N–H and O–H groups in total. The van der Waals surface area contributed by atoms with Crippen LogP contribution in [0, 0.1) is 0 Å². The lowest BCUT2D eigenvalue weighted by Gasteiger charge is -2.10. The minimum atomic E-state index is -0.655. The molecule has 0 heterocycles. The largest absolute Gasteiger partial charge is 0.457 e. The van der Waals surface area contributed by atoms with Gasteiger partial charge in [-0.15, -0.1) is 0 Å². The van der Waals surface area contributed by atoms with Gasteiger partial charge >= 0.3 is 5.97 Å². The highest BCUT2D eigenvalue weighted by Crippen LogP contribution is 1.87. The Hall–Kier alpha value is -1.43. The summed E-state index contributed by atoms with van der Waals surface area (Å²) in [6.45, 7) is 2.19. The Balaban J connectivity index is 3.84. The Morgan fingerprint density at radius 2 is 2.00 bits per heavy atom. The molecule has 0 radical (unpaired) electrons. The van der Waals surface area contributed by atoms with Crippen molar-refractivity contribution in [2.24, 2.45) is 5.73 Å². The number of Topliss-reactive ketones (excluding diaryl/α,β-unsaturated/α-hetero) is 1. The van der Waals surface area contributed by atoms with Crippen molar-refractivity contribution in [3.63, 3.8) is 0 Å². The third-order valence-corrected chi connectivity index (χ3v) is 1.44. The van der Waals surface area contributed by atoms with E-state index in [0.29, 0.717) is 0 Å². The van der Waals surface area contributed by atoms with Crippen molar-refractivity contribution >= 4 is 17.7 Å². The molecule has 0 aromatic heterocycles. The Morgan fingerprint density at radius 1 is 1.43 bits per heavy atom. The Morgan fingerprint density at radius 3 is 2.43 bits per heavy atom. The van der Waals surface area contributed by atoms with Crippen LogP contribution in [-0.2, 0) is 19.1 Å². The molecule has 0 aromatic carbocycles. The zero-order valence-electron chi connectivity index (χ0n) is 8.20. The van der Waals surface area contributed by atoms with Gasteiger partial charge in [0.05, 0.1) is 12.6 Å². The highest BCUT2D eigenvalue weighted by molar-refractivity contribution is 5.90. The molecule has 14 heavy (non-hydrogen) atoms. The number of amides is 1. The van der Waals surface area contributed by atoms with Crippen molar-refractivity contribution in [2.45, 2.75) is 19.9 Å². The zero-order valence-corrected chi connectivity index (χ0v) is 8.20. The fourth-order valence-electron chi connectivity index (χ4n) is 0.721. The number of hydrogen-bond donors (Lipinski definition) is 2. The van der Waals surface area contributed by atoms with Crippen LogP contribution in [0.4, 0.5) is 0 Å². The van der Waals surface area contributed by atoms with Crippen LogP contribution in [0.1, 0.15) is 13.8 Å². The van der Waals surface area contributed by atoms with E-state index in [0.717, 1.165) is 0 Å². The summed E-state index contributed by atoms with van der Waals surface area (Å²) >= 11 is 0. The summed E-state index contributed by atoms with van der Waals surface area (Å²) in [5, 5.41) is 2.37. The van der Waals surface area contributed by atoms with Crippen molar-refractivity contribution < 1.29 is 19.1 Å². The summed E-state index contributed by atoms with van der Waals surface area (Å²) in [4.78, 5) is 32.3. The average Bonchev–Trinajstić information content (AvgIpc) is 2.12. The van der Waals surface area contributed by atoms with E-state index >= 15 is 0 Å². The van der Waals surface area contributed by atoms with Crippen LogP contribution in [0.3, 0.4) is 0 Å². The van der Waals surface area contributed by atoms with Gasteiger partial charge in [-0.1, -0.05) is 0 Å². The number of nitrogens with one attached hydrogen (secondary N) is 1. The van der Waals surface area contributed by atoms with Gasteiger partial charge in [-0.25, -0.2) is 0 Å². The molecule has 0 unspecified atom stereocenters. The number of esters is 1. The van der Waals surface area contributed by atoms with Crippen molar-refractivity contribution in [3.8, 4) is 0 Å². The molecule has 0 saturated heterocycles. The monoisotopic (exact) mass is 202 g/mol. The molecule has 0 saturated carbocycles. The first-order valence-electron chi connectivity index (χ1n) is 4.13. The number of rotatable bonds is 5. The van der Waals surface area contributed by atoms with Gasteiger partial charge in [0.15, 0.2) is 12.4 Å². The van der Waals surface area contributed by atoms with Gasteiger partial charge in [0, 0.05) is 6.92 Å². The van der Waals surface area contributed by atoms with Crippen LogP contribution < -0.4 is 11.1 Å². The van der Waals surface area contributed by atoms with Crippen molar-refractivity contribution in [2.75, 3.05) is 13.2 Å². The second kappa shape index (κ2) is 6.09. The Bertz CT molecular complexity index is 239. The summed E-state index contributed by atoms with van der Waals surface area (Å²) in [6, 6.07) is -0.655. The SMILES string of the molecule is CC(=O)N[C@@H](C)C(=O)COC(=O)CN. The third kappa shape index (κ3) is 5.26. The second-order valence-corrected chi connectivity index (χ2v) is 2.75. The standard InChI is InChI=1S/C8H14N2O4/c1-5(10-6(2)11)7(12)4-14-8(13)3-9/h5H,3-4,9H2,1-2H3,(H,10,11)/t5-/m0/s1. The smallest absolute Gasteiger partial charge is 0.320 e. The Kier molecular flexibility index (Phi) is 5.47. The summed E-state index contributed by atoms with van der Waals surface area (Å²) in [5.74, 6) is -1.33. The van der Waals surface area contributed by atoms with Gasteiger partial charge in [0.25, 0.3) is 0 Å². The van der Waals surface area contributed by atoms with Crippen LogP contribution in [0.15, 0.2) is 0 Å². The number of carbonyl (C=O) groups excluding carboxylic acids is 3. The molecule has 1 atom stereocenters. The molecule has 0 aromatic rings. The molecule has 1 amide bonds. The summed E-state index contributed by atoms with van der Waals surface area (Å²) in [6.07, 6.45) is 0. The third-order valence-electron chi connectivity index (χ3n) is 1.44. The number of nitrogens with two attached hydrogens (primary N) is 1. The maximum atomic E-state index is 11.2. The van der Waals surface area contributed by atoms with E-state index in [1.165, 1.54) is 13.8 Å². The number of hydrogen-bond acceptors (Lipinski definition) is 5. The van der Waals surface area contributed by atoms with E-state index in [9.17, 15) is 14.4 Å². The van der Waals surface area contributed by atoms with E-state index in [2.05, 4.69) is 10.1 Å². The zero-order chi connectivity index (χ0) is 11.1. The normalized spacial score (nSPS) is 11.6. The van der Waals surface area contributed by atoms with E-state index in [4.69, 9.17) is 5.73 Å². The number of ether oxygens (including phenoxy) is 1. The molecule has 0 bridgehead atoms. The van der Waals surface area contributed by atoms with Gasteiger partial charge in [0.2, 0.25) is 5.91 Å². The van der Waals surface area contributed by atoms with Crippen molar-refractivity contribution in [1.82, 2.24) is 5.32 Å². The first-order chi connectivity index (χ1) is 6.47. The van der Waals surface area contributed by atoms with Crippen LogP contribution in [0.25, 0.3) is 0 Å². The molecular weight excluding hydrogens is 188 g/mol. The van der Waals surface area contributed by atoms with E-state index < -0.39 is 12.0 Å². The average molecular weight is 202 g/mol. The van der Waals surface area contributed by atoms with Crippen LogP contribution in [0.5, 0.6) is 0 Å². The van der Waals surface area contributed by atoms with Gasteiger partial charge in [-0.2, -0.15) is 0 Å². The fraction of sp³-hybridized carbons (Fsp3) is 0.625. The van der Waals surface area contributed by atoms with Crippen LogP contribution in [0.2, 0.25) is 0 Å². The molecular formula is C8H14N2O4. The van der Waals surface area contributed by atoms with E-state index in [1.54, 1.807) is 0 Å². The summed E-state index contributed by atoms with van der Waals surface area (Å²) < 4.78 is 4.49. The molecule has 6 nitrogen and oxygen atoms in total. The van der Waals surface area contributed by atoms with Crippen molar-refractivity contribution in [1.29, 1.82) is 0 Å². The van der Waals surface area contributed by atoms with Gasteiger partial charge in [0.1, 0.15) is 0 Å². The molecule has 0 spiro atoms. The minimum absolute atomic E-state index is 0.262. The first kappa shape index (κ1) is 12.6. The topological polar surface area (TPSA) is 98.5 Å². The molecule has 6 heteroatoms. The molecule has 80 valence electrons. The van der Waals surface area contributed by atoms with Crippen molar-refractivity contribution in [3.05, 3.63) is 0 Å². The number of carbonyl (C=O) groups is 3. The van der Waals surface area contributed by atoms with Gasteiger partial charge in [-0.05, 0) is 6.92 Å². The fourth-order valence-corrected chi connectivity index (χ4v) is 0.721. The maximum Gasteiger partial charge on any atom is 0.320 e. The lowest BCUT2D eigenvalue weighted by molar-refractivity contribution is -0.147. The highest BCUT2D eigenvalue weighted by atomic mass is 16.5. The van der Waals surface area contributed by atoms with E-state index in [-0.39, 0.29) is 24.8 Å². The molecule has 0 rings (SSSR count).